The first-order chi connectivity index (χ1) is 10.7. The standard InChI is InChI=1S/C15H19ClN2O4S/c1-10-12(16)4-3-5-13(10)17-14(19)8-15(20)18(2)11-6-7-23(21,22)9-11/h3-5,11H,6-9H2,1-2H3,(H,17,19). The van der Waals surface area contributed by atoms with E-state index in [0.717, 1.165) is 5.56 Å². The molecule has 0 bridgehead atoms. The van der Waals surface area contributed by atoms with Crippen LogP contribution in [0.5, 0.6) is 0 Å². The van der Waals surface area contributed by atoms with Crippen molar-refractivity contribution in [1.82, 2.24) is 4.90 Å². The van der Waals surface area contributed by atoms with Crippen molar-refractivity contribution in [2.45, 2.75) is 25.8 Å². The summed E-state index contributed by atoms with van der Waals surface area (Å²) in [5.41, 5.74) is 1.28. The molecule has 8 heteroatoms. The Hall–Kier alpha value is -1.60. The van der Waals surface area contributed by atoms with Crippen molar-refractivity contribution >= 4 is 38.9 Å². The molecule has 6 nitrogen and oxygen atoms in total. The molecule has 1 aliphatic heterocycles. The number of nitrogens with one attached hydrogen (secondary N) is 1. The third-order valence-corrected chi connectivity index (χ3v) is 6.16. The molecule has 2 rings (SSSR count). The van der Waals surface area contributed by atoms with E-state index in [2.05, 4.69) is 5.32 Å². The number of benzene rings is 1. The molecule has 1 atom stereocenters. The molecule has 0 aliphatic carbocycles. The molecule has 1 saturated heterocycles. The number of nitrogens with zero attached hydrogens (tertiary/aromatic N) is 1. The van der Waals surface area contributed by atoms with Crippen LogP contribution in [0.3, 0.4) is 0 Å². The fraction of sp³-hybridized carbons (Fsp3) is 0.467. The highest BCUT2D eigenvalue weighted by Gasteiger charge is 2.33. The van der Waals surface area contributed by atoms with Gasteiger partial charge in [0.1, 0.15) is 6.42 Å². The largest absolute Gasteiger partial charge is 0.341 e. The molecule has 0 spiro atoms. The Balaban J connectivity index is 1.95. The highest BCUT2D eigenvalue weighted by atomic mass is 35.5. The topological polar surface area (TPSA) is 83.6 Å². The van der Waals surface area contributed by atoms with Crippen LogP contribution in [-0.4, -0.2) is 49.7 Å². The fourth-order valence-corrected chi connectivity index (χ4v) is 4.43. The van der Waals surface area contributed by atoms with E-state index in [0.29, 0.717) is 17.1 Å². The Morgan fingerprint density at radius 2 is 2.09 bits per heavy atom. The molecule has 0 saturated carbocycles. The second-order valence-electron chi connectivity index (χ2n) is 5.70. The molecular formula is C15H19ClN2O4S. The van der Waals surface area contributed by atoms with Crippen molar-refractivity contribution in [3.63, 3.8) is 0 Å². The molecule has 1 aliphatic rings. The lowest BCUT2D eigenvalue weighted by Gasteiger charge is -2.23. The average molecular weight is 359 g/mol. The normalized spacial score (nSPS) is 19.3. The highest BCUT2D eigenvalue weighted by Crippen LogP contribution is 2.23. The molecule has 1 aromatic carbocycles. The van der Waals surface area contributed by atoms with Gasteiger partial charge in [-0.25, -0.2) is 8.42 Å². The quantitative estimate of drug-likeness (QED) is 0.829. The van der Waals surface area contributed by atoms with Gasteiger partial charge >= 0.3 is 0 Å². The van der Waals surface area contributed by atoms with Crippen molar-refractivity contribution in [3.8, 4) is 0 Å². The van der Waals surface area contributed by atoms with Crippen LogP contribution in [-0.2, 0) is 19.4 Å². The van der Waals surface area contributed by atoms with E-state index in [9.17, 15) is 18.0 Å². The lowest BCUT2D eigenvalue weighted by Crippen LogP contribution is -2.39. The first-order valence-electron chi connectivity index (χ1n) is 7.20. The minimum absolute atomic E-state index is 0.0374. The van der Waals surface area contributed by atoms with E-state index in [4.69, 9.17) is 11.6 Å². The van der Waals surface area contributed by atoms with E-state index in [1.165, 1.54) is 11.9 Å². The number of carbonyl (C=O) groups excluding carboxylic acids is 2. The van der Waals surface area contributed by atoms with Gasteiger partial charge in [0.25, 0.3) is 0 Å². The Kier molecular flexibility index (Phi) is 5.31. The summed E-state index contributed by atoms with van der Waals surface area (Å²) in [5, 5.41) is 3.18. The molecule has 23 heavy (non-hydrogen) atoms. The van der Waals surface area contributed by atoms with Crippen LogP contribution in [0.25, 0.3) is 0 Å². The van der Waals surface area contributed by atoms with Gasteiger partial charge in [0.2, 0.25) is 11.8 Å². The molecule has 2 amide bonds. The number of hydrogen-bond acceptors (Lipinski definition) is 4. The predicted octanol–water partition coefficient (Wildman–Crippen LogP) is 1.62. The lowest BCUT2D eigenvalue weighted by atomic mass is 10.2. The Morgan fingerprint density at radius 3 is 2.70 bits per heavy atom. The van der Waals surface area contributed by atoms with Gasteiger partial charge in [-0.05, 0) is 31.0 Å². The first kappa shape index (κ1) is 17.7. The van der Waals surface area contributed by atoms with Crippen LogP contribution < -0.4 is 5.32 Å². The third-order valence-electron chi connectivity index (χ3n) is 4.00. The van der Waals surface area contributed by atoms with Crippen LogP contribution >= 0.6 is 11.6 Å². The fourth-order valence-electron chi connectivity index (χ4n) is 2.48. The minimum Gasteiger partial charge on any atom is -0.341 e. The number of halogens is 1. The van der Waals surface area contributed by atoms with Gasteiger partial charge in [-0.2, -0.15) is 0 Å². The summed E-state index contributed by atoms with van der Waals surface area (Å²) < 4.78 is 22.9. The van der Waals surface area contributed by atoms with Crippen molar-refractivity contribution < 1.29 is 18.0 Å². The van der Waals surface area contributed by atoms with E-state index >= 15 is 0 Å². The van der Waals surface area contributed by atoms with Gasteiger partial charge in [0.15, 0.2) is 9.84 Å². The van der Waals surface area contributed by atoms with E-state index in [1.54, 1.807) is 25.1 Å². The smallest absolute Gasteiger partial charge is 0.233 e. The Bertz CT molecular complexity index is 733. The Morgan fingerprint density at radius 1 is 1.39 bits per heavy atom. The summed E-state index contributed by atoms with van der Waals surface area (Å²) in [4.78, 5) is 25.5. The second kappa shape index (κ2) is 6.88. The van der Waals surface area contributed by atoms with Gasteiger partial charge < -0.3 is 10.2 Å². The molecule has 1 N–H and O–H groups in total. The van der Waals surface area contributed by atoms with Crippen molar-refractivity contribution in [2.75, 3.05) is 23.9 Å². The number of hydrogen-bond donors (Lipinski definition) is 1. The van der Waals surface area contributed by atoms with E-state index < -0.39 is 21.7 Å². The summed E-state index contributed by atoms with van der Waals surface area (Å²) in [5.74, 6) is -0.801. The zero-order chi connectivity index (χ0) is 17.2. The van der Waals surface area contributed by atoms with Crippen molar-refractivity contribution in [1.29, 1.82) is 0 Å². The van der Waals surface area contributed by atoms with Gasteiger partial charge in [0.05, 0.1) is 11.5 Å². The van der Waals surface area contributed by atoms with Crippen LogP contribution in [0.4, 0.5) is 5.69 Å². The number of anilines is 1. The maximum absolute atomic E-state index is 12.1. The molecule has 1 heterocycles. The van der Waals surface area contributed by atoms with Crippen LogP contribution in [0, 0.1) is 6.92 Å². The monoisotopic (exact) mass is 358 g/mol. The van der Waals surface area contributed by atoms with Crippen LogP contribution in [0.15, 0.2) is 18.2 Å². The first-order valence-corrected chi connectivity index (χ1v) is 9.40. The zero-order valence-electron chi connectivity index (χ0n) is 13.0. The molecule has 1 fully saturated rings. The minimum atomic E-state index is -3.07. The van der Waals surface area contributed by atoms with Crippen molar-refractivity contribution in [2.24, 2.45) is 0 Å². The third kappa shape index (κ3) is 4.45. The van der Waals surface area contributed by atoms with E-state index in [-0.39, 0.29) is 24.0 Å². The van der Waals surface area contributed by atoms with Gasteiger partial charge in [0, 0.05) is 23.8 Å². The SMILES string of the molecule is Cc1c(Cl)cccc1NC(=O)CC(=O)N(C)C1CCS(=O)(=O)C1. The molecule has 1 aromatic rings. The van der Waals surface area contributed by atoms with E-state index in [1.807, 2.05) is 0 Å². The average Bonchev–Trinajstić information content (AvgIpc) is 2.83. The zero-order valence-corrected chi connectivity index (χ0v) is 14.6. The number of amides is 2. The van der Waals surface area contributed by atoms with Crippen LogP contribution in [0.2, 0.25) is 5.02 Å². The van der Waals surface area contributed by atoms with Gasteiger partial charge in [-0.3, -0.25) is 9.59 Å². The molecule has 0 aromatic heterocycles. The summed E-state index contributed by atoms with van der Waals surface area (Å²) in [6.45, 7) is 1.77. The summed E-state index contributed by atoms with van der Waals surface area (Å²) in [6, 6.07) is 4.78. The predicted molar refractivity (Wildman–Crippen MR) is 89.3 cm³/mol. The maximum Gasteiger partial charge on any atom is 0.233 e. The van der Waals surface area contributed by atoms with Crippen molar-refractivity contribution in [3.05, 3.63) is 28.8 Å². The maximum atomic E-state index is 12.1. The highest BCUT2D eigenvalue weighted by molar-refractivity contribution is 7.91. The van der Waals surface area contributed by atoms with Gasteiger partial charge in [-0.15, -0.1) is 0 Å². The molecule has 1 unspecified atom stereocenters. The summed E-state index contributed by atoms with van der Waals surface area (Å²) in [7, 11) is -1.54. The number of sulfone groups is 1. The van der Waals surface area contributed by atoms with Crippen LogP contribution in [0.1, 0.15) is 18.4 Å². The number of carbonyl (C=O) groups is 2. The summed E-state index contributed by atoms with van der Waals surface area (Å²) >= 11 is 5.98. The molecular weight excluding hydrogens is 340 g/mol. The van der Waals surface area contributed by atoms with Gasteiger partial charge in [-0.1, -0.05) is 17.7 Å². The molecule has 126 valence electrons. The second-order valence-corrected chi connectivity index (χ2v) is 8.33. The Labute approximate surface area is 140 Å². The lowest BCUT2D eigenvalue weighted by molar-refractivity contribution is -0.134. The molecule has 0 radical (unpaired) electrons. The number of rotatable bonds is 4. The summed E-state index contributed by atoms with van der Waals surface area (Å²) in [6.07, 6.45) is 0.0819.